The van der Waals surface area contributed by atoms with Gasteiger partial charge in [-0.2, -0.15) is 0 Å². The summed E-state index contributed by atoms with van der Waals surface area (Å²) in [6.07, 6.45) is 0.927. The Bertz CT molecular complexity index is 501. The number of rotatable bonds is 4. The quantitative estimate of drug-likeness (QED) is 0.780. The highest BCUT2D eigenvalue weighted by Crippen LogP contribution is 2.37. The van der Waals surface area contributed by atoms with E-state index < -0.39 is 0 Å². The average Bonchev–Trinajstić information content (AvgIpc) is 2.64. The lowest BCUT2D eigenvalue weighted by molar-refractivity contribution is 0.00578. The Morgan fingerprint density at radius 3 is 2.05 bits per heavy atom. The summed E-state index contributed by atoms with van der Waals surface area (Å²) in [6, 6.07) is 8.09. The molecule has 0 unspecified atom stereocenters. The maximum atomic E-state index is 6.04. The molecule has 0 aromatic heterocycles. The van der Waals surface area contributed by atoms with Crippen LogP contribution >= 0.6 is 0 Å². The molecule has 1 heterocycles. The number of hydrogen-bond acceptors (Lipinski definition) is 3. The van der Waals surface area contributed by atoms with Gasteiger partial charge >= 0.3 is 7.12 Å². The summed E-state index contributed by atoms with van der Waals surface area (Å²) in [4.78, 5) is 0. The van der Waals surface area contributed by atoms with Gasteiger partial charge in [-0.1, -0.05) is 25.0 Å². The lowest BCUT2D eigenvalue weighted by atomic mass is 9.84. The predicted octanol–water partition coefficient (Wildman–Crippen LogP) is 4.12. The van der Waals surface area contributed by atoms with Crippen molar-refractivity contribution in [1.82, 2.24) is 0 Å². The van der Waals surface area contributed by atoms with Gasteiger partial charge in [-0.15, -0.1) is 0 Å². The molecule has 1 aliphatic rings. The largest absolute Gasteiger partial charge is 0.497 e. The number of benzene rings is 1. The van der Waals surface area contributed by atoms with Crippen LogP contribution in [0.15, 0.2) is 30.2 Å². The van der Waals surface area contributed by atoms with Crippen LogP contribution in [-0.2, 0) is 9.31 Å². The molecule has 4 heteroatoms. The zero-order chi connectivity index (χ0) is 15.7. The minimum Gasteiger partial charge on any atom is -0.497 e. The number of ether oxygens (including phenoxy) is 1. The normalized spacial score (nSPS) is 20.7. The molecule has 1 aromatic rings. The van der Waals surface area contributed by atoms with Crippen LogP contribution < -0.4 is 4.74 Å². The van der Waals surface area contributed by atoms with Crippen LogP contribution in [0.5, 0.6) is 5.75 Å². The van der Waals surface area contributed by atoms with Crippen molar-refractivity contribution < 1.29 is 14.0 Å². The molecule has 0 amide bonds. The Balaban J connectivity index is 2.21. The molecule has 1 fully saturated rings. The third-order valence-electron chi connectivity index (χ3n) is 4.45. The van der Waals surface area contributed by atoms with Crippen molar-refractivity contribution in [2.75, 3.05) is 7.11 Å². The molecular weight excluding hydrogens is 263 g/mol. The Hall–Kier alpha value is -1.26. The van der Waals surface area contributed by atoms with Crippen LogP contribution in [0.2, 0.25) is 0 Å². The first-order valence-corrected chi connectivity index (χ1v) is 7.50. The molecule has 0 atom stereocenters. The van der Waals surface area contributed by atoms with E-state index in [1.54, 1.807) is 7.11 Å². The molecule has 1 aliphatic heterocycles. The molecule has 0 bridgehead atoms. The first-order chi connectivity index (χ1) is 9.79. The van der Waals surface area contributed by atoms with Gasteiger partial charge < -0.3 is 14.0 Å². The second-order valence-electron chi connectivity index (χ2n) is 6.40. The standard InChI is InChI=1S/C17H25BO3/c1-7-13(14-8-10-15(19-6)11-9-14)12-18-20-16(2,3)17(4,5)21-18/h8-12H,7H2,1-6H3/b13-12-. The summed E-state index contributed by atoms with van der Waals surface area (Å²) < 4.78 is 17.3. The predicted molar refractivity (Wildman–Crippen MR) is 87.3 cm³/mol. The van der Waals surface area contributed by atoms with Crippen molar-refractivity contribution in [3.8, 4) is 5.75 Å². The van der Waals surface area contributed by atoms with Crippen molar-refractivity contribution in [3.63, 3.8) is 0 Å². The molecule has 0 radical (unpaired) electrons. The summed E-state index contributed by atoms with van der Waals surface area (Å²) >= 11 is 0. The van der Waals surface area contributed by atoms with Gasteiger partial charge in [0.2, 0.25) is 0 Å². The Kier molecular flexibility index (Phi) is 4.50. The van der Waals surface area contributed by atoms with Crippen LogP contribution in [-0.4, -0.2) is 25.4 Å². The van der Waals surface area contributed by atoms with Crippen molar-refractivity contribution in [1.29, 1.82) is 0 Å². The van der Waals surface area contributed by atoms with Gasteiger partial charge in [0.05, 0.1) is 18.3 Å². The minimum absolute atomic E-state index is 0.299. The highest BCUT2D eigenvalue weighted by atomic mass is 16.7. The molecule has 1 saturated heterocycles. The van der Waals surface area contributed by atoms with E-state index in [0.717, 1.165) is 12.2 Å². The molecule has 114 valence electrons. The van der Waals surface area contributed by atoms with Crippen LogP contribution in [0, 0.1) is 0 Å². The Morgan fingerprint density at radius 2 is 1.62 bits per heavy atom. The summed E-state index contributed by atoms with van der Waals surface area (Å²) in [7, 11) is 1.38. The van der Waals surface area contributed by atoms with Crippen LogP contribution in [0.4, 0.5) is 0 Å². The number of methoxy groups -OCH3 is 1. The van der Waals surface area contributed by atoms with Crippen LogP contribution in [0.3, 0.4) is 0 Å². The summed E-state index contributed by atoms with van der Waals surface area (Å²) in [6.45, 7) is 10.4. The molecular formula is C17H25BO3. The minimum atomic E-state index is -0.299. The molecule has 1 aromatic carbocycles. The first-order valence-electron chi connectivity index (χ1n) is 7.50. The highest BCUT2D eigenvalue weighted by Gasteiger charge is 2.50. The maximum Gasteiger partial charge on any atom is 0.487 e. The van der Waals surface area contributed by atoms with Gasteiger partial charge in [0.15, 0.2) is 0 Å². The second-order valence-corrected chi connectivity index (χ2v) is 6.40. The fourth-order valence-electron chi connectivity index (χ4n) is 2.34. The van der Waals surface area contributed by atoms with E-state index in [-0.39, 0.29) is 18.3 Å². The lowest BCUT2D eigenvalue weighted by Crippen LogP contribution is -2.41. The molecule has 0 N–H and O–H groups in total. The van der Waals surface area contributed by atoms with Crippen molar-refractivity contribution in [2.24, 2.45) is 0 Å². The number of allylic oxidation sites excluding steroid dienone is 1. The zero-order valence-corrected chi connectivity index (χ0v) is 13.9. The Morgan fingerprint density at radius 1 is 1.10 bits per heavy atom. The zero-order valence-electron chi connectivity index (χ0n) is 13.9. The van der Waals surface area contributed by atoms with Gasteiger partial charge in [-0.05, 0) is 57.4 Å². The number of hydrogen-bond donors (Lipinski definition) is 0. The SMILES string of the molecule is CC/C(=C/B1OC(C)(C)C(C)(C)O1)c1ccc(OC)cc1. The van der Waals surface area contributed by atoms with Crippen LogP contribution in [0.25, 0.3) is 5.57 Å². The van der Waals surface area contributed by atoms with E-state index >= 15 is 0 Å². The molecule has 21 heavy (non-hydrogen) atoms. The van der Waals surface area contributed by atoms with Crippen molar-refractivity contribution in [2.45, 2.75) is 52.2 Å². The van der Waals surface area contributed by atoms with Crippen LogP contribution in [0.1, 0.15) is 46.6 Å². The first kappa shape index (κ1) is 16.1. The van der Waals surface area contributed by atoms with Gasteiger partial charge in [0.1, 0.15) is 5.75 Å². The van der Waals surface area contributed by atoms with E-state index in [1.165, 1.54) is 11.1 Å². The fourth-order valence-corrected chi connectivity index (χ4v) is 2.34. The topological polar surface area (TPSA) is 27.7 Å². The van der Waals surface area contributed by atoms with E-state index in [1.807, 2.05) is 12.1 Å². The van der Waals surface area contributed by atoms with Gasteiger partial charge in [0, 0.05) is 0 Å². The fraction of sp³-hybridized carbons (Fsp3) is 0.529. The molecule has 0 saturated carbocycles. The van der Waals surface area contributed by atoms with E-state index in [0.29, 0.717) is 0 Å². The van der Waals surface area contributed by atoms with E-state index in [2.05, 4.69) is 52.7 Å². The molecule has 0 aliphatic carbocycles. The van der Waals surface area contributed by atoms with Gasteiger partial charge in [-0.3, -0.25) is 0 Å². The smallest absolute Gasteiger partial charge is 0.487 e. The van der Waals surface area contributed by atoms with Gasteiger partial charge in [-0.25, -0.2) is 0 Å². The molecule has 2 rings (SSSR count). The summed E-state index contributed by atoms with van der Waals surface area (Å²) in [5, 5.41) is 0. The second kappa shape index (κ2) is 5.86. The van der Waals surface area contributed by atoms with E-state index in [9.17, 15) is 0 Å². The monoisotopic (exact) mass is 288 g/mol. The summed E-state index contributed by atoms with van der Waals surface area (Å²) in [5.41, 5.74) is 1.80. The average molecular weight is 288 g/mol. The van der Waals surface area contributed by atoms with Crippen molar-refractivity contribution >= 4 is 12.7 Å². The van der Waals surface area contributed by atoms with E-state index in [4.69, 9.17) is 14.0 Å². The summed E-state index contributed by atoms with van der Waals surface area (Å²) in [5.74, 6) is 2.95. The Labute approximate surface area is 128 Å². The van der Waals surface area contributed by atoms with Crippen molar-refractivity contribution in [3.05, 3.63) is 35.8 Å². The third-order valence-corrected chi connectivity index (χ3v) is 4.45. The lowest BCUT2D eigenvalue weighted by Gasteiger charge is -2.32. The molecule has 0 spiro atoms. The molecule has 3 nitrogen and oxygen atoms in total. The third kappa shape index (κ3) is 3.33. The highest BCUT2D eigenvalue weighted by molar-refractivity contribution is 6.53. The maximum absolute atomic E-state index is 6.04. The van der Waals surface area contributed by atoms with Gasteiger partial charge in [0.25, 0.3) is 0 Å².